The van der Waals surface area contributed by atoms with Crippen molar-refractivity contribution in [1.29, 1.82) is 0 Å². The van der Waals surface area contributed by atoms with E-state index in [1.54, 1.807) is 0 Å². The number of hydrogen-bond acceptors (Lipinski definition) is 3. The van der Waals surface area contributed by atoms with E-state index in [1.807, 2.05) is 12.4 Å². The summed E-state index contributed by atoms with van der Waals surface area (Å²) in [5.41, 5.74) is 1.28. The lowest BCUT2D eigenvalue weighted by atomic mass is 10.3. The molecule has 2 N–H and O–H groups in total. The van der Waals surface area contributed by atoms with Gasteiger partial charge in [0.1, 0.15) is 0 Å². The quantitative estimate of drug-likeness (QED) is 0.771. The van der Waals surface area contributed by atoms with Gasteiger partial charge >= 0.3 is 0 Å². The number of piperazine rings is 1. The molecule has 0 amide bonds. The lowest BCUT2D eigenvalue weighted by Crippen LogP contribution is -2.44. The zero-order valence-corrected chi connectivity index (χ0v) is 10.1. The van der Waals surface area contributed by atoms with E-state index in [9.17, 15) is 0 Å². The van der Waals surface area contributed by atoms with Crippen LogP contribution < -0.4 is 10.2 Å². The summed E-state index contributed by atoms with van der Waals surface area (Å²) >= 11 is 0. The molecule has 0 saturated carbocycles. The molecule has 0 atom stereocenters. The highest BCUT2D eigenvalue weighted by Gasteiger charge is 2.09. The number of anilines is 1. The van der Waals surface area contributed by atoms with Crippen molar-refractivity contribution in [3.63, 3.8) is 0 Å². The molecule has 1 saturated heterocycles. The van der Waals surface area contributed by atoms with Crippen LogP contribution >= 0.6 is 0 Å². The summed E-state index contributed by atoms with van der Waals surface area (Å²) in [5, 5.41) is 3.38. The summed E-state index contributed by atoms with van der Waals surface area (Å²) in [4.78, 5) is 7.94. The Labute approximate surface area is 97.6 Å². The molecule has 16 heavy (non-hydrogen) atoms. The highest BCUT2D eigenvalue weighted by Crippen LogP contribution is 2.10. The Hall–Kier alpha value is -1.00. The van der Waals surface area contributed by atoms with Gasteiger partial charge in [-0.25, -0.2) is 0 Å². The van der Waals surface area contributed by atoms with Gasteiger partial charge in [-0.2, -0.15) is 0 Å². The van der Waals surface area contributed by atoms with Gasteiger partial charge in [0.05, 0.1) is 5.69 Å². The highest BCUT2D eigenvalue weighted by atomic mass is 15.2. The van der Waals surface area contributed by atoms with Crippen LogP contribution in [0.15, 0.2) is 18.5 Å². The molecule has 1 aromatic heterocycles. The number of aromatic nitrogens is 1. The second-order valence-corrected chi connectivity index (χ2v) is 4.44. The first kappa shape index (κ1) is 11.5. The van der Waals surface area contributed by atoms with Gasteiger partial charge in [0, 0.05) is 52.2 Å². The van der Waals surface area contributed by atoms with E-state index >= 15 is 0 Å². The number of nitrogens with one attached hydrogen (secondary N) is 2. The summed E-state index contributed by atoms with van der Waals surface area (Å²) in [6.45, 7) is 7.04. The number of hydrogen-bond donors (Lipinski definition) is 2. The van der Waals surface area contributed by atoms with Crippen molar-refractivity contribution in [2.24, 2.45) is 0 Å². The van der Waals surface area contributed by atoms with Crippen LogP contribution in [-0.4, -0.2) is 56.2 Å². The first-order valence-corrected chi connectivity index (χ1v) is 6.13. The largest absolute Gasteiger partial charge is 0.373 e. The van der Waals surface area contributed by atoms with E-state index in [2.05, 4.69) is 33.2 Å². The van der Waals surface area contributed by atoms with Gasteiger partial charge in [0.2, 0.25) is 0 Å². The molecule has 1 aromatic rings. The van der Waals surface area contributed by atoms with E-state index in [4.69, 9.17) is 0 Å². The van der Waals surface area contributed by atoms with Gasteiger partial charge < -0.3 is 20.1 Å². The molecule has 0 aromatic carbocycles. The van der Waals surface area contributed by atoms with Gasteiger partial charge in [-0.1, -0.05) is 0 Å². The maximum atomic E-state index is 3.38. The van der Waals surface area contributed by atoms with Crippen molar-refractivity contribution in [2.75, 3.05) is 51.2 Å². The summed E-state index contributed by atoms with van der Waals surface area (Å²) in [5.74, 6) is 0. The van der Waals surface area contributed by atoms with Crippen molar-refractivity contribution in [3.8, 4) is 0 Å². The molecular weight excluding hydrogens is 200 g/mol. The van der Waals surface area contributed by atoms with E-state index in [0.29, 0.717) is 0 Å². The summed E-state index contributed by atoms with van der Waals surface area (Å²) < 4.78 is 0. The molecule has 0 bridgehead atoms. The van der Waals surface area contributed by atoms with Gasteiger partial charge in [-0.05, 0) is 19.0 Å². The fraction of sp³-hybridized carbons (Fsp3) is 0.667. The van der Waals surface area contributed by atoms with E-state index in [0.717, 1.165) is 19.6 Å². The van der Waals surface area contributed by atoms with Crippen LogP contribution in [0.25, 0.3) is 0 Å². The van der Waals surface area contributed by atoms with Crippen LogP contribution in [0.3, 0.4) is 0 Å². The molecule has 1 aliphatic rings. The van der Waals surface area contributed by atoms with E-state index < -0.39 is 0 Å². The van der Waals surface area contributed by atoms with Crippen LogP contribution in [0.5, 0.6) is 0 Å². The molecule has 2 rings (SSSR count). The molecule has 4 nitrogen and oxygen atoms in total. The maximum absolute atomic E-state index is 3.38. The van der Waals surface area contributed by atoms with Gasteiger partial charge in [-0.15, -0.1) is 0 Å². The minimum absolute atomic E-state index is 1.13. The molecule has 0 radical (unpaired) electrons. The Morgan fingerprint density at radius 3 is 2.88 bits per heavy atom. The van der Waals surface area contributed by atoms with Crippen LogP contribution in [0.1, 0.15) is 6.42 Å². The summed E-state index contributed by atoms with van der Waals surface area (Å²) in [7, 11) is 2.15. The zero-order valence-electron chi connectivity index (χ0n) is 10.1. The Bertz CT molecular complexity index is 277. The SMILES string of the molecule is CN(CCCN1CCNCC1)c1cc[nH]c1. The molecule has 1 aliphatic heterocycles. The maximum Gasteiger partial charge on any atom is 0.0541 e. The highest BCUT2D eigenvalue weighted by molar-refractivity contribution is 5.42. The molecular formula is C12H22N4. The minimum Gasteiger partial charge on any atom is -0.373 e. The third kappa shape index (κ3) is 3.25. The second-order valence-electron chi connectivity index (χ2n) is 4.44. The van der Waals surface area contributed by atoms with Crippen molar-refractivity contribution in [2.45, 2.75) is 6.42 Å². The standard InChI is InChI=1S/C12H22N4/c1-15(12-3-4-14-11-12)7-2-8-16-9-5-13-6-10-16/h3-4,11,13-14H,2,5-10H2,1H3. The third-order valence-corrected chi connectivity index (χ3v) is 3.20. The first-order chi connectivity index (χ1) is 7.86. The molecule has 90 valence electrons. The molecule has 0 unspecified atom stereocenters. The predicted octanol–water partition coefficient (Wildman–Crippen LogP) is 0.746. The summed E-state index contributed by atoms with van der Waals surface area (Å²) in [6, 6.07) is 2.12. The number of H-pyrrole nitrogens is 1. The van der Waals surface area contributed by atoms with Crippen LogP contribution in [-0.2, 0) is 0 Å². The molecule has 4 heteroatoms. The molecule has 0 spiro atoms. The first-order valence-electron chi connectivity index (χ1n) is 6.13. The second kappa shape index (κ2) is 5.92. The minimum atomic E-state index is 1.13. The molecule has 0 aliphatic carbocycles. The van der Waals surface area contributed by atoms with E-state index in [-0.39, 0.29) is 0 Å². The normalized spacial score (nSPS) is 17.6. The molecule has 2 heterocycles. The van der Waals surface area contributed by atoms with E-state index in [1.165, 1.54) is 31.7 Å². The lowest BCUT2D eigenvalue weighted by Gasteiger charge is -2.28. The van der Waals surface area contributed by atoms with Crippen LogP contribution in [0.4, 0.5) is 5.69 Å². The van der Waals surface area contributed by atoms with Crippen LogP contribution in [0.2, 0.25) is 0 Å². The zero-order chi connectivity index (χ0) is 11.2. The molecule has 1 fully saturated rings. The fourth-order valence-corrected chi connectivity index (χ4v) is 2.15. The van der Waals surface area contributed by atoms with Crippen molar-refractivity contribution in [3.05, 3.63) is 18.5 Å². The van der Waals surface area contributed by atoms with Crippen molar-refractivity contribution in [1.82, 2.24) is 15.2 Å². The monoisotopic (exact) mass is 222 g/mol. The predicted molar refractivity (Wildman–Crippen MR) is 68.0 cm³/mol. The fourth-order valence-electron chi connectivity index (χ4n) is 2.15. The topological polar surface area (TPSA) is 34.3 Å². The number of aromatic amines is 1. The number of rotatable bonds is 5. The van der Waals surface area contributed by atoms with Crippen LogP contribution in [0, 0.1) is 0 Å². The Kier molecular flexibility index (Phi) is 4.25. The van der Waals surface area contributed by atoms with Gasteiger partial charge in [0.25, 0.3) is 0 Å². The summed E-state index contributed by atoms with van der Waals surface area (Å²) in [6.07, 6.45) is 5.26. The van der Waals surface area contributed by atoms with Crippen molar-refractivity contribution >= 4 is 5.69 Å². The number of nitrogens with zero attached hydrogens (tertiary/aromatic N) is 2. The Balaban J connectivity index is 1.63. The Morgan fingerprint density at radius 2 is 2.19 bits per heavy atom. The third-order valence-electron chi connectivity index (χ3n) is 3.20. The average Bonchev–Trinajstić information content (AvgIpc) is 2.84. The lowest BCUT2D eigenvalue weighted by molar-refractivity contribution is 0.239. The Morgan fingerprint density at radius 1 is 1.38 bits per heavy atom. The van der Waals surface area contributed by atoms with Gasteiger partial charge in [-0.3, -0.25) is 0 Å². The van der Waals surface area contributed by atoms with Crippen molar-refractivity contribution < 1.29 is 0 Å². The average molecular weight is 222 g/mol. The smallest absolute Gasteiger partial charge is 0.0541 e. The van der Waals surface area contributed by atoms with Gasteiger partial charge in [0.15, 0.2) is 0 Å².